The molecule has 0 unspecified atom stereocenters. The number of ketones is 1. The molecule has 22 heavy (non-hydrogen) atoms. The Labute approximate surface area is 125 Å². The maximum atomic E-state index is 12.1. The van der Waals surface area contributed by atoms with Crippen LogP contribution in [0.5, 0.6) is 0 Å². The molecule has 1 aromatic carbocycles. The summed E-state index contributed by atoms with van der Waals surface area (Å²) in [5, 5.41) is 20.1. The molecule has 2 aromatic heterocycles. The van der Waals surface area contributed by atoms with E-state index in [0.717, 1.165) is 11.6 Å². The minimum absolute atomic E-state index is 0.0741. The standard InChI is InChI=1S/C15H13N5O2/c21-13(6-14(22)15-16-10-17-19-15)12-7-18-20(9-12)8-11-4-2-1-3-5-11/h1-7,9-10,22H,8H2,(H,16,17,19). The Kier molecular flexibility index (Phi) is 3.78. The van der Waals surface area contributed by atoms with Crippen molar-refractivity contribution in [3.05, 3.63) is 72.1 Å². The molecular formula is C15H13N5O2. The maximum Gasteiger partial charge on any atom is 0.215 e. The van der Waals surface area contributed by atoms with Crippen LogP contribution in [-0.4, -0.2) is 35.9 Å². The third-order valence-corrected chi connectivity index (χ3v) is 3.02. The van der Waals surface area contributed by atoms with Crippen LogP contribution in [0.2, 0.25) is 0 Å². The Bertz CT molecular complexity index is 790. The average Bonchev–Trinajstić information content (AvgIpc) is 3.19. The van der Waals surface area contributed by atoms with Gasteiger partial charge in [0.05, 0.1) is 18.3 Å². The maximum absolute atomic E-state index is 12.1. The quantitative estimate of drug-likeness (QED) is 0.425. The fraction of sp³-hybridized carbons (Fsp3) is 0.0667. The Morgan fingerprint density at radius 2 is 2.14 bits per heavy atom. The zero-order valence-electron chi connectivity index (χ0n) is 11.5. The first kappa shape index (κ1) is 13.7. The smallest absolute Gasteiger partial charge is 0.215 e. The van der Waals surface area contributed by atoms with Gasteiger partial charge in [0.2, 0.25) is 5.82 Å². The molecule has 0 radical (unpaired) electrons. The number of aliphatic hydroxyl groups excluding tert-OH is 1. The van der Waals surface area contributed by atoms with Gasteiger partial charge in [-0.2, -0.15) is 10.2 Å². The first-order chi connectivity index (χ1) is 10.7. The fourth-order valence-corrected chi connectivity index (χ4v) is 1.95. The number of hydrogen-bond donors (Lipinski definition) is 2. The lowest BCUT2D eigenvalue weighted by Gasteiger charge is -2.00. The van der Waals surface area contributed by atoms with E-state index in [1.807, 2.05) is 30.3 Å². The van der Waals surface area contributed by atoms with Crippen LogP contribution in [0.15, 0.2) is 55.1 Å². The molecule has 3 aromatic rings. The van der Waals surface area contributed by atoms with E-state index >= 15 is 0 Å². The number of benzene rings is 1. The number of rotatable bonds is 5. The van der Waals surface area contributed by atoms with Gasteiger partial charge in [-0.25, -0.2) is 4.98 Å². The van der Waals surface area contributed by atoms with Crippen LogP contribution in [0.25, 0.3) is 5.76 Å². The summed E-state index contributed by atoms with van der Waals surface area (Å²) in [6.45, 7) is 0.574. The third kappa shape index (κ3) is 3.09. The van der Waals surface area contributed by atoms with Gasteiger partial charge in [-0.3, -0.25) is 14.6 Å². The Morgan fingerprint density at radius 3 is 2.86 bits per heavy atom. The molecule has 7 heteroatoms. The zero-order chi connectivity index (χ0) is 15.4. The predicted octanol–water partition coefficient (Wildman–Crippen LogP) is 1.83. The summed E-state index contributed by atoms with van der Waals surface area (Å²) < 4.78 is 1.67. The van der Waals surface area contributed by atoms with Crippen molar-refractivity contribution in [1.29, 1.82) is 0 Å². The highest BCUT2D eigenvalue weighted by Gasteiger charge is 2.10. The van der Waals surface area contributed by atoms with Crippen LogP contribution in [0.1, 0.15) is 21.7 Å². The van der Waals surface area contributed by atoms with Gasteiger partial charge in [-0.15, -0.1) is 0 Å². The van der Waals surface area contributed by atoms with Crippen molar-refractivity contribution in [1.82, 2.24) is 25.0 Å². The van der Waals surface area contributed by atoms with Gasteiger partial charge in [0, 0.05) is 12.3 Å². The number of hydrogen-bond acceptors (Lipinski definition) is 5. The summed E-state index contributed by atoms with van der Waals surface area (Å²) in [7, 11) is 0. The van der Waals surface area contributed by atoms with E-state index in [1.54, 1.807) is 10.9 Å². The second kappa shape index (κ2) is 6.04. The fourth-order valence-electron chi connectivity index (χ4n) is 1.95. The van der Waals surface area contributed by atoms with E-state index in [1.165, 1.54) is 12.5 Å². The van der Waals surface area contributed by atoms with Crippen molar-refractivity contribution in [3.63, 3.8) is 0 Å². The second-order valence-corrected chi connectivity index (χ2v) is 4.63. The molecule has 0 fully saturated rings. The molecule has 0 aliphatic carbocycles. The molecule has 0 saturated heterocycles. The number of aromatic nitrogens is 5. The molecule has 0 amide bonds. The van der Waals surface area contributed by atoms with E-state index in [-0.39, 0.29) is 17.4 Å². The Balaban J connectivity index is 1.73. The summed E-state index contributed by atoms with van der Waals surface area (Å²) in [6, 6.07) is 9.81. The SMILES string of the molecule is O=C(C=C(O)c1nc[nH]n1)c1cnn(Cc2ccccc2)c1. The molecule has 2 heterocycles. The monoisotopic (exact) mass is 295 g/mol. The molecule has 3 rings (SSSR count). The van der Waals surface area contributed by atoms with Gasteiger partial charge in [-0.1, -0.05) is 30.3 Å². The summed E-state index contributed by atoms with van der Waals surface area (Å²) in [4.78, 5) is 15.8. The minimum atomic E-state index is -0.360. The van der Waals surface area contributed by atoms with Crippen LogP contribution in [-0.2, 0) is 6.54 Å². The number of allylic oxidation sites excluding steroid dienone is 1. The molecule has 0 aliphatic rings. The highest BCUT2D eigenvalue weighted by molar-refractivity contribution is 6.07. The van der Waals surface area contributed by atoms with Gasteiger partial charge in [0.25, 0.3) is 0 Å². The van der Waals surface area contributed by atoms with Crippen LogP contribution in [0.4, 0.5) is 0 Å². The lowest BCUT2D eigenvalue weighted by molar-refractivity contribution is 0.104. The molecule has 2 N–H and O–H groups in total. The number of H-pyrrole nitrogens is 1. The Hall–Kier alpha value is -3.22. The molecule has 0 atom stereocenters. The number of carbonyl (C=O) groups is 1. The van der Waals surface area contributed by atoms with Crippen LogP contribution >= 0.6 is 0 Å². The van der Waals surface area contributed by atoms with E-state index < -0.39 is 0 Å². The summed E-state index contributed by atoms with van der Waals surface area (Å²) in [6.07, 6.45) is 5.50. The molecule has 0 bridgehead atoms. The highest BCUT2D eigenvalue weighted by atomic mass is 16.3. The first-order valence-electron chi connectivity index (χ1n) is 6.60. The number of nitrogens with zero attached hydrogens (tertiary/aromatic N) is 4. The van der Waals surface area contributed by atoms with Gasteiger partial charge in [0.15, 0.2) is 11.5 Å². The number of carbonyl (C=O) groups excluding carboxylic acids is 1. The lowest BCUT2D eigenvalue weighted by atomic mass is 10.2. The third-order valence-electron chi connectivity index (χ3n) is 3.02. The normalized spacial score (nSPS) is 11.5. The highest BCUT2D eigenvalue weighted by Crippen LogP contribution is 2.09. The van der Waals surface area contributed by atoms with E-state index in [2.05, 4.69) is 20.3 Å². The van der Waals surface area contributed by atoms with Crippen molar-refractivity contribution < 1.29 is 9.90 Å². The van der Waals surface area contributed by atoms with Crippen molar-refractivity contribution in [2.75, 3.05) is 0 Å². The molecule has 7 nitrogen and oxygen atoms in total. The lowest BCUT2D eigenvalue weighted by Crippen LogP contribution is -2.00. The summed E-state index contributed by atoms with van der Waals surface area (Å²) in [5.41, 5.74) is 1.47. The van der Waals surface area contributed by atoms with Crippen molar-refractivity contribution in [3.8, 4) is 0 Å². The number of aromatic amines is 1. The van der Waals surface area contributed by atoms with Gasteiger partial charge >= 0.3 is 0 Å². The molecule has 110 valence electrons. The molecule has 0 aliphatic heterocycles. The van der Waals surface area contributed by atoms with Crippen molar-refractivity contribution in [2.24, 2.45) is 0 Å². The second-order valence-electron chi connectivity index (χ2n) is 4.63. The zero-order valence-corrected chi connectivity index (χ0v) is 11.5. The molecule has 0 saturated carbocycles. The molecule has 0 spiro atoms. The Morgan fingerprint density at radius 1 is 1.32 bits per heavy atom. The first-order valence-corrected chi connectivity index (χ1v) is 6.60. The summed E-state index contributed by atoms with van der Waals surface area (Å²) >= 11 is 0. The van der Waals surface area contributed by atoms with Gasteiger partial charge < -0.3 is 5.11 Å². The van der Waals surface area contributed by atoms with E-state index in [0.29, 0.717) is 12.1 Å². The van der Waals surface area contributed by atoms with Gasteiger partial charge in [0.1, 0.15) is 6.33 Å². The van der Waals surface area contributed by atoms with Crippen LogP contribution < -0.4 is 0 Å². The topological polar surface area (TPSA) is 96.7 Å². The molecular weight excluding hydrogens is 282 g/mol. The number of aliphatic hydroxyl groups is 1. The summed E-state index contributed by atoms with van der Waals surface area (Å²) in [5.74, 6) is -0.575. The largest absolute Gasteiger partial charge is 0.504 e. The number of nitrogens with one attached hydrogen (secondary N) is 1. The van der Waals surface area contributed by atoms with Crippen LogP contribution in [0, 0.1) is 0 Å². The predicted molar refractivity (Wildman–Crippen MR) is 79.1 cm³/mol. The van der Waals surface area contributed by atoms with Crippen molar-refractivity contribution in [2.45, 2.75) is 6.54 Å². The van der Waals surface area contributed by atoms with E-state index in [4.69, 9.17) is 0 Å². The van der Waals surface area contributed by atoms with E-state index in [9.17, 15) is 9.90 Å². The average molecular weight is 295 g/mol. The minimum Gasteiger partial charge on any atom is -0.504 e. The van der Waals surface area contributed by atoms with Crippen LogP contribution in [0.3, 0.4) is 0 Å². The van der Waals surface area contributed by atoms with Gasteiger partial charge in [-0.05, 0) is 5.56 Å². The van der Waals surface area contributed by atoms with Crippen molar-refractivity contribution >= 4 is 11.5 Å².